The smallest absolute Gasteiger partial charge is 0.271 e. The molecule has 7 nitrogen and oxygen atoms in total. The van der Waals surface area contributed by atoms with E-state index < -0.39 is 5.91 Å². The number of thioether (sulfide) groups is 1. The van der Waals surface area contributed by atoms with E-state index in [4.69, 9.17) is 23.2 Å². The van der Waals surface area contributed by atoms with Crippen molar-refractivity contribution in [1.82, 2.24) is 25.6 Å². The average Bonchev–Trinajstić information content (AvgIpc) is 3.46. The normalized spacial score (nSPS) is 13.8. The van der Waals surface area contributed by atoms with Crippen LogP contribution in [0.5, 0.6) is 0 Å². The second-order valence-corrected chi connectivity index (χ2v) is 9.12. The second-order valence-electron chi connectivity index (χ2n) is 7.37. The third-order valence-electron chi connectivity index (χ3n) is 5.24. The van der Waals surface area contributed by atoms with E-state index in [9.17, 15) is 9.59 Å². The molecule has 1 aliphatic carbocycles. The molecule has 2 amide bonds. The molecule has 1 aliphatic rings. The Labute approximate surface area is 199 Å². The summed E-state index contributed by atoms with van der Waals surface area (Å²) in [5, 5.41) is 10.3. The van der Waals surface area contributed by atoms with Gasteiger partial charge in [0.25, 0.3) is 5.91 Å². The Morgan fingerprint density at radius 1 is 0.969 bits per heavy atom. The van der Waals surface area contributed by atoms with Crippen LogP contribution in [-0.4, -0.2) is 32.3 Å². The lowest BCUT2D eigenvalue weighted by Crippen LogP contribution is -2.42. The molecule has 0 radical (unpaired) electrons. The minimum absolute atomic E-state index is 0.0657. The van der Waals surface area contributed by atoms with Crippen molar-refractivity contribution in [3.05, 3.63) is 64.1 Å². The number of carbonyl (C=O) groups excluding carboxylic acids is 2. The maximum atomic E-state index is 12.3. The first-order chi connectivity index (χ1) is 15.5. The standard InChI is InChI=1S/C22H21Cl2N5O2S/c23-17-11-5-3-9-15(17)20-26-28-22(29(20)14-7-1-2-8-14)32-13-19(30)25-27-21(31)16-10-4-6-12-18(16)24/h3-6,9-12,14H,1-2,7-8,13H2,(H,25,30)(H,27,31). The number of aromatic nitrogens is 3. The summed E-state index contributed by atoms with van der Waals surface area (Å²) in [4.78, 5) is 24.6. The fraction of sp³-hybridized carbons (Fsp3) is 0.273. The molecule has 2 aromatic carbocycles. The summed E-state index contributed by atoms with van der Waals surface area (Å²) in [7, 11) is 0. The maximum Gasteiger partial charge on any atom is 0.271 e. The maximum absolute atomic E-state index is 12.3. The van der Waals surface area contributed by atoms with E-state index in [1.807, 2.05) is 24.3 Å². The highest BCUT2D eigenvalue weighted by atomic mass is 35.5. The highest BCUT2D eigenvalue weighted by molar-refractivity contribution is 7.99. The van der Waals surface area contributed by atoms with Gasteiger partial charge in [0.05, 0.1) is 21.4 Å². The van der Waals surface area contributed by atoms with Gasteiger partial charge in [0.2, 0.25) is 5.91 Å². The number of nitrogens with zero attached hydrogens (tertiary/aromatic N) is 3. The van der Waals surface area contributed by atoms with Crippen molar-refractivity contribution < 1.29 is 9.59 Å². The van der Waals surface area contributed by atoms with E-state index in [1.54, 1.807) is 24.3 Å². The van der Waals surface area contributed by atoms with Gasteiger partial charge >= 0.3 is 0 Å². The molecule has 1 aromatic heterocycles. The van der Waals surface area contributed by atoms with Crippen LogP contribution in [0.15, 0.2) is 53.7 Å². The molecule has 4 rings (SSSR count). The molecule has 32 heavy (non-hydrogen) atoms. The van der Waals surface area contributed by atoms with E-state index in [0.29, 0.717) is 21.0 Å². The third kappa shape index (κ3) is 5.09. The van der Waals surface area contributed by atoms with E-state index in [1.165, 1.54) is 11.8 Å². The fourth-order valence-electron chi connectivity index (χ4n) is 3.70. The highest BCUT2D eigenvalue weighted by Gasteiger charge is 2.26. The number of hydrogen-bond acceptors (Lipinski definition) is 5. The van der Waals surface area contributed by atoms with Crippen LogP contribution in [0.4, 0.5) is 0 Å². The average molecular weight is 490 g/mol. The molecule has 1 fully saturated rings. The minimum Gasteiger partial charge on any atom is -0.299 e. The lowest BCUT2D eigenvalue weighted by molar-refractivity contribution is -0.119. The summed E-state index contributed by atoms with van der Waals surface area (Å²) in [6, 6.07) is 14.4. The van der Waals surface area contributed by atoms with Gasteiger partial charge in [-0.1, -0.05) is 72.1 Å². The molecular weight excluding hydrogens is 469 g/mol. The molecule has 2 N–H and O–H groups in total. The van der Waals surface area contributed by atoms with E-state index in [-0.39, 0.29) is 23.3 Å². The highest BCUT2D eigenvalue weighted by Crippen LogP contribution is 2.38. The molecule has 3 aromatic rings. The zero-order valence-corrected chi connectivity index (χ0v) is 19.4. The summed E-state index contributed by atoms with van der Waals surface area (Å²) in [6.07, 6.45) is 4.35. The Kier molecular flexibility index (Phi) is 7.34. The fourth-order valence-corrected chi connectivity index (χ4v) is 4.95. The van der Waals surface area contributed by atoms with E-state index >= 15 is 0 Å². The zero-order valence-electron chi connectivity index (χ0n) is 17.1. The Morgan fingerprint density at radius 3 is 2.38 bits per heavy atom. The van der Waals surface area contributed by atoms with Crippen molar-refractivity contribution in [3.63, 3.8) is 0 Å². The predicted molar refractivity (Wildman–Crippen MR) is 126 cm³/mol. The molecule has 166 valence electrons. The SMILES string of the molecule is O=C(CSc1nnc(-c2ccccc2Cl)n1C1CCCC1)NNC(=O)c1ccccc1Cl. The van der Waals surface area contributed by atoms with Crippen molar-refractivity contribution in [2.45, 2.75) is 36.9 Å². The monoisotopic (exact) mass is 489 g/mol. The zero-order chi connectivity index (χ0) is 22.5. The van der Waals surface area contributed by atoms with Gasteiger partial charge in [0, 0.05) is 11.6 Å². The van der Waals surface area contributed by atoms with Crippen LogP contribution in [0, 0.1) is 0 Å². The summed E-state index contributed by atoms with van der Waals surface area (Å²) in [6.45, 7) is 0. The number of halogens is 2. The van der Waals surface area contributed by atoms with Gasteiger partial charge in [0.1, 0.15) is 0 Å². The van der Waals surface area contributed by atoms with Gasteiger partial charge in [-0.3, -0.25) is 25.0 Å². The molecule has 0 bridgehead atoms. The van der Waals surface area contributed by atoms with Gasteiger partial charge in [0.15, 0.2) is 11.0 Å². The Bertz CT molecular complexity index is 1130. The topological polar surface area (TPSA) is 88.9 Å². The van der Waals surface area contributed by atoms with Crippen LogP contribution in [-0.2, 0) is 4.79 Å². The second kappa shape index (κ2) is 10.4. The van der Waals surface area contributed by atoms with Crippen LogP contribution < -0.4 is 10.9 Å². The van der Waals surface area contributed by atoms with Crippen molar-refractivity contribution in [1.29, 1.82) is 0 Å². The van der Waals surface area contributed by atoms with Crippen LogP contribution in [0.25, 0.3) is 11.4 Å². The van der Waals surface area contributed by atoms with Crippen molar-refractivity contribution >= 4 is 46.8 Å². The van der Waals surface area contributed by atoms with Crippen molar-refractivity contribution in [2.24, 2.45) is 0 Å². The van der Waals surface area contributed by atoms with Crippen LogP contribution in [0.2, 0.25) is 10.0 Å². The van der Waals surface area contributed by atoms with Gasteiger partial charge in [-0.25, -0.2) is 0 Å². The van der Waals surface area contributed by atoms with Crippen LogP contribution in [0.1, 0.15) is 42.1 Å². The Morgan fingerprint density at radius 2 is 1.66 bits per heavy atom. The molecule has 1 heterocycles. The Balaban J connectivity index is 1.44. The molecule has 10 heteroatoms. The first-order valence-electron chi connectivity index (χ1n) is 10.2. The van der Waals surface area contributed by atoms with Crippen LogP contribution in [0.3, 0.4) is 0 Å². The largest absolute Gasteiger partial charge is 0.299 e. The quantitative estimate of drug-likeness (QED) is 0.378. The van der Waals surface area contributed by atoms with Gasteiger partial charge < -0.3 is 0 Å². The Hall–Kier alpha value is -2.55. The predicted octanol–water partition coefficient (Wildman–Crippen LogP) is 4.92. The summed E-state index contributed by atoms with van der Waals surface area (Å²) in [5.74, 6) is -0.0759. The summed E-state index contributed by atoms with van der Waals surface area (Å²) in [5.41, 5.74) is 5.91. The molecule has 0 spiro atoms. The number of amides is 2. The lowest BCUT2D eigenvalue weighted by Gasteiger charge is -2.17. The number of nitrogens with one attached hydrogen (secondary N) is 2. The van der Waals surface area contributed by atoms with Crippen LogP contribution >= 0.6 is 35.0 Å². The first kappa shape index (κ1) is 22.6. The van der Waals surface area contributed by atoms with Crippen molar-refractivity contribution in [2.75, 3.05) is 5.75 Å². The lowest BCUT2D eigenvalue weighted by atomic mass is 10.2. The third-order valence-corrected chi connectivity index (χ3v) is 6.84. The number of carbonyl (C=O) groups is 2. The minimum atomic E-state index is -0.482. The molecular formula is C22H21Cl2N5O2S. The van der Waals surface area contributed by atoms with E-state index in [0.717, 1.165) is 31.2 Å². The first-order valence-corrected chi connectivity index (χ1v) is 11.9. The summed E-state index contributed by atoms with van der Waals surface area (Å²) >= 11 is 13.7. The molecule has 0 aliphatic heterocycles. The number of hydrogen-bond donors (Lipinski definition) is 2. The van der Waals surface area contributed by atoms with Gasteiger partial charge in [-0.15, -0.1) is 10.2 Å². The molecule has 0 atom stereocenters. The van der Waals surface area contributed by atoms with Gasteiger partial charge in [-0.05, 0) is 37.1 Å². The molecule has 0 saturated heterocycles. The number of hydrazine groups is 1. The van der Waals surface area contributed by atoms with Gasteiger partial charge in [-0.2, -0.15) is 0 Å². The summed E-state index contributed by atoms with van der Waals surface area (Å²) < 4.78 is 2.09. The number of benzene rings is 2. The van der Waals surface area contributed by atoms with Crippen molar-refractivity contribution in [3.8, 4) is 11.4 Å². The molecule has 0 unspecified atom stereocenters. The number of rotatable bonds is 6. The molecule has 1 saturated carbocycles. The van der Waals surface area contributed by atoms with E-state index in [2.05, 4.69) is 25.6 Å².